The largest absolute Gasteiger partial charge is 0.508 e. The number of hydrazine groups is 1. The molecule has 4 aromatic carbocycles. The second-order valence-corrected chi connectivity index (χ2v) is 17.0. The van der Waals surface area contributed by atoms with Gasteiger partial charge < -0.3 is 19.7 Å². The Balaban J connectivity index is 1.31. The van der Waals surface area contributed by atoms with E-state index in [1.54, 1.807) is 66.7 Å². The summed E-state index contributed by atoms with van der Waals surface area (Å²) in [5, 5.41) is 22.4. The van der Waals surface area contributed by atoms with Gasteiger partial charge in [0.1, 0.15) is 11.5 Å². The highest BCUT2D eigenvalue weighted by Gasteiger charge is 2.70. The number of imide groups is 2. The lowest BCUT2D eigenvalue weighted by molar-refractivity contribution is -0.141. The van der Waals surface area contributed by atoms with Gasteiger partial charge in [0, 0.05) is 22.0 Å². The predicted molar refractivity (Wildman–Crippen MR) is 219 cm³/mol. The van der Waals surface area contributed by atoms with Crippen LogP contribution in [0.3, 0.4) is 0 Å². The van der Waals surface area contributed by atoms with E-state index in [2.05, 4.69) is 37.3 Å². The molecule has 3 N–H and O–H groups in total. The molecule has 4 amide bonds. The van der Waals surface area contributed by atoms with Gasteiger partial charge in [0.25, 0.3) is 11.8 Å². The van der Waals surface area contributed by atoms with Gasteiger partial charge in [-0.05, 0) is 122 Å². The van der Waals surface area contributed by atoms with E-state index in [4.69, 9.17) is 32.7 Å². The molecule has 4 aliphatic rings. The number of hydrogen-bond donors (Lipinski definition) is 3. The fraction of sp³-hybridized carbons (Fsp3) is 0.286. The van der Waals surface area contributed by atoms with Gasteiger partial charge in [-0.2, -0.15) is 5.01 Å². The minimum atomic E-state index is -1.63. The number of nitrogens with zero attached hydrogens (tertiary/aromatic N) is 2. The molecule has 2 aliphatic carbocycles. The van der Waals surface area contributed by atoms with Crippen molar-refractivity contribution in [3.05, 3.63) is 120 Å². The number of rotatable bonds is 9. The Bertz CT molecular complexity index is 2380. The number of benzene rings is 4. The molecule has 11 nitrogen and oxygen atoms in total. The second kappa shape index (κ2) is 15.0. The van der Waals surface area contributed by atoms with Gasteiger partial charge in [0.2, 0.25) is 11.8 Å². The van der Waals surface area contributed by atoms with Crippen LogP contribution in [0, 0.1) is 23.7 Å². The van der Waals surface area contributed by atoms with Crippen LogP contribution in [-0.4, -0.2) is 64.5 Å². The number of amides is 4. The molecule has 8 rings (SSSR count). The molecule has 2 heterocycles. The van der Waals surface area contributed by atoms with E-state index >= 15 is 9.59 Å². The van der Waals surface area contributed by atoms with Gasteiger partial charge in [-0.1, -0.05) is 59.1 Å². The molecule has 6 atom stereocenters. The van der Waals surface area contributed by atoms with Gasteiger partial charge in [0.05, 0.1) is 52.6 Å². The van der Waals surface area contributed by atoms with Crippen molar-refractivity contribution in [1.82, 2.24) is 9.91 Å². The molecule has 294 valence electrons. The molecule has 2 saturated heterocycles. The monoisotopic (exact) mass is 937 g/mol. The average Bonchev–Trinajstić information content (AvgIpc) is 3.58. The van der Waals surface area contributed by atoms with Gasteiger partial charge in [0.15, 0.2) is 11.5 Å². The number of phenolic OH excluding ortho intramolecular Hbond substituents is 2. The molecule has 2 aliphatic heterocycles. The summed E-state index contributed by atoms with van der Waals surface area (Å²) in [6.45, 7) is 0.144. The highest BCUT2D eigenvalue weighted by molar-refractivity contribution is 9.13. The number of carbonyl (C=O) groups is 4. The smallest absolute Gasteiger partial charge is 0.260 e. The summed E-state index contributed by atoms with van der Waals surface area (Å²) < 4.78 is 11.8. The maximum absolute atomic E-state index is 15.6. The fourth-order valence-electron chi connectivity index (χ4n) is 9.35. The van der Waals surface area contributed by atoms with E-state index in [0.717, 1.165) is 16.1 Å². The van der Waals surface area contributed by atoms with Gasteiger partial charge in [-0.25, -0.2) is 0 Å². The Morgan fingerprint density at radius 2 is 1.58 bits per heavy atom. The quantitative estimate of drug-likeness (QED) is 0.112. The molecule has 0 aromatic heterocycles. The van der Waals surface area contributed by atoms with Crippen LogP contribution in [0.1, 0.15) is 35.4 Å². The Kier molecular flexibility index (Phi) is 10.3. The molecule has 1 saturated carbocycles. The molecule has 0 spiro atoms. The van der Waals surface area contributed by atoms with Gasteiger partial charge in [-0.3, -0.25) is 29.5 Å². The fourth-order valence-corrected chi connectivity index (χ4v) is 10.8. The van der Waals surface area contributed by atoms with E-state index in [1.165, 1.54) is 25.2 Å². The number of anilines is 1. The number of hydrogen-bond acceptors (Lipinski definition) is 9. The topological polar surface area (TPSA) is 146 Å². The van der Waals surface area contributed by atoms with E-state index < -0.39 is 46.8 Å². The van der Waals surface area contributed by atoms with E-state index in [1.807, 2.05) is 6.08 Å². The number of phenols is 2. The van der Waals surface area contributed by atoms with E-state index in [9.17, 15) is 19.8 Å². The minimum absolute atomic E-state index is 0.0749. The number of nitrogens with one attached hydrogen (secondary N) is 1. The maximum atomic E-state index is 15.6. The van der Waals surface area contributed by atoms with Crippen LogP contribution in [0.4, 0.5) is 5.69 Å². The van der Waals surface area contributed by atoms with Crippen molar-refractivity contribution in [3.8, 4) is 23.0 Å². The Labute approximate surface area is 354 Å². The maximum Gasteiger partial charge on any atom is 0.260 e. The summed E-state index contributed by atoms with van der Waals surface area (Å²) in [7, 11) is 2.95. The summed E-state index contributed by atoms with van der Waals surface area (Å²) in [5.74, 6) is -5.21. The molecule has 6 unspecified atom stereocenters. The van der Waals surface area contributed by atoms with Crippen LogP contribution in [0.25, 0.3) is 0 Å². The third-order valence-corrected chi connectivity index (χ3v) is 14.6. The lowest BCUT2D eigenvalue weighted by Gasteiger charge is -2.51. The normalized spacial score (nSPS) is 25.2. The molecule has 15 heteroatoms. The zero-order chi connectivity index (χ0) is 40.5. The predicted octanol–water partition coefficient (Wildman–Crippen LogP) is 8.17. The van der Waals surface area contributed by atoms with Crippen LogP contribution in [0.2, 0.25) is 10.0 Å². The third-order valence-electron chi connectivity index (χ3n) is 11.9. The van der Waals surface area contributed by atoms with E-state index in [-0.39, 0.29) is 63.6 Å². The lowest BCUT2D eigenvalue weighted by Crippen LogP contribution is -2.53. The summed E-state index contributed by atoms with van der Waals surface area (Å²) >= 11 is 20.0. The van der Waals surface area contributed by atoms with Crippen LogP contribution in [0.5, 0.6) is 23.0 Å². The molecular formula is C42H35Br2Cl2N3O8. The number of ether oxygens (including phenoxy) is 2. The van der Waals surface area contributed by atoms with Gasteiger partial charge in [-0.15, -0.1) is 0 Å². The number of likely N-dealkylation sites (tertiary alicyclic amines) is 1. The van der Waals surface area contributed by atoms with Crippen molar-refractivity contribution in [2.24, 2.45) is 23.7 Å². The van der Waals surface area contributed by atoms with Crippen LogP contribution < -0.4 is 14.9 Å². The van der Waals surface area contributed by atoms with Crippen LogP contribution in [0.15, 0.2) is 93.4 Å². The average molecular weight is 940 g/mol. The first kappa shape index (κ1) is 39.3. The number of aromatic hydroxyl groups is 2. The highest BCUT2D eigenvalue weighted by atomic mass is 79.9. The van der Waals surface area contributed by atoms with Crippen molar-refractivity contribution >= 4 is 84.4 Å². The van der Waals surface area contributed by atoms with Crippen molar-refractivity contribution in [2.45, 2.75) is 30.6 Å². The molecule has 4 aromatic rings. The summed E-state index contributed by atoms with van der Waals surface area (Å²) in [6, 6.07) is 19.9. The second-order valence-electron chi connectivity index (χ2n) is 14.6. The summed E-state index contributed by atoms with van der Waals surface area (Å²) in [6.07, 6.45) is 2.65. The number of carbonyl (C=O) groups excluding carboxylic acids is 4. The minimum Gasteiger partial charge on any atom is -0.508 e. The number of fused-ring (bicyclic) bond motifs is 4. The van der Waals surface area contributed by atoms with Crippen LogP contribution >= 0.6 is 55.1 Å². The molecule has 57 heavy (non-hydrogen) atoms. The SMILES string of the molecule is COc1ccc(C23C(=O)N(Nc4ccc(Cl)cc4Cl)C(=O)C2CC2C(=CCC4C(=O)N(CCc5ccc(O)cc5)C(=O)C42)C3c2cc(OC)c(O)c(Br)c2Br)cc1. The zero-order valence-corrected chi connectivity index (χ0v) is 35.2. The molecule has 0 bridgehead atoms. The van der Waals surface area contributed by atoms with Crippen molar-refractivity contribution < 1.29 is 38.9 Å². The van der Waals surface area contributed by atoms with Crippen LogP contribution in [-0.2, 0) is 31.0 Å². The van der Waals surface area contributed by atoms with Crippen molar-refractivity contribution in [3.63, 3.8) is 0 Å². The first-order chi connectivity index (χ1) is 27.3. The number of allylic oxidation sites excluding steroid dienone is 2. The Morgan fingerprint density at radius 3 is 2.25 bits per heavy atom. The van der Waals surface area contributed by atoms with Crippen molar-refractivity contribution in [2.75, 3.05) is 26.2 Å². The molecule has 3 fully saturated rings. The molecular weight excluding hydrogens is 905 g/mol. The first-order valence-corrected chi connectivity index (χ1v) is 20.5. The summed E-state index contributed by atoms with van der Waals surface area (Å²) in [5.41, 5.74) is 4.24. The van der Waals surface area contributed by atoms with E-state index in [0.29, 0.717) is 32.8 Å². The molecule has 0 radical (unpaired) electrons. The Hall–Kier alpha value is -4.56. The zero-order valence-electron chi connectivity index (χ0n) is 30.5. The summed E-state index contributed by atoms with van der Waals surface area (Å²) in [4.78, 5) is 60.6. The lowest BCUT2D eigenvalue weighted by atomic mass is 9.49. The van der Waals surface area contributed by atoms with Crippen molar-refractivity contribution in [1.29, 1.82) is 0 Å². The first-order valence-electron chi connectivity index (χ1n) is 18.1. The number of halogens is 4. The van der Waals surface area contributed by atoms with Gasteiger partial charge >= 0.3 is 0 Å². The standard InChI is InChI=1S/C42H35Br2Cl2N3O8/c1-56-24-10-5-21(6-11-24)42-29(39(53)49(41(42)55)47-31-14-7-22(45)17-30(31)46)18-27-25(34(42)28-19-32(57-2)37(51)36(44)35(28)43)12-13-26-33(27)40(54)48(38(26)52)16-15-20-3-8-23(50)9-4-20/h3-12,14,17,19,26-27,29,33-34,47,50-51H,13,15-16,18H2,1-2H3. The highest BCUT2D eigenvalue weighted by Crippen LogP contribution is 2.65. The third kappa shape index (κ3) is 6.20. The number of methoxy groups -OCH3 is 2. The Morgan fingerprint density at radius 1 is 0.860 bits per heavy atom.